The highest BCUT2D eigenvalue weighted by atomic mass is 79.9. The highest BCUT2D eigenvalue weighted by molar-refractivity contribution is 9.10. The summed E-state index contributed by atoms with van der Waals surface area (Å²) in [6.07, 6.45) is 0. The number of benzene rings is 1. The van der Waals surface area contributed by atoms with Gasteiger partial charge < -0.3 is 5.73 Å². The lowest BCUT2D eigenvalue weighted by Gasteiger charge is -2.22. The van der Waals surface area contributed by atoms with Crippen molar-refractivity contribution in [2.75, 3.05) is 13.1 Å². The van der Waals surface area contributed by atoms with Crippen molar-refractivity contribution in [2.24, 2.45) is 11.1 Å². The minimum Gasteiger partial charge on any atom is -0.330 e. The van der Waals surface area contributed by atoms with Gasteiger partial charge >= 0.3 is 0 Å². The van der Waals surface area contributed by atoms with Crippen LogP contribution in [-0.2, 0) is 10.0 Å². The summed E-state index contributed by atoms with van der Waals surface area (Å²) in [6.45, 7) is 6.35. The van der Waals surface area contributed by atoms with E-state index in [1.54, 1.807) is 19.1 Å². The molecule has 0 heterocycles. The molecule has 0 saturated heterocycles. The fourth-order valence-electron chi connectivity index (χ4n) is 1.30. The fraction of sp³-hybridized carbons (Fsp3) is 0.500. The molecule has 0 radical (unpaired) electrons. The third-order valence-electron chi connectivity index (χ3n) is 2.73. The van der Waals surface area contributed by atoms with Gasteiger partial charge in [0.15, 0.2) is 0 Å². The number of hydrogen-bond acceptors (Lipinski definition) is 3. The zero-order chi connectivity index (χ0) is 14.0. The number of halogens is 1. The first-order chi connectivity index (χ1) is 8.18. The normalized spacial score (nSPS) is 12.7. The third kappa shape index (κ3) is 4.05. The van der Waals surface area contributed by atoms with E-state index in [0.29, 0.717) is 18.0 Å². The van der Waals surface area contributed by atoms with Gasteiger partial charge in [-0.05, 0) is 36.6 Å². The molecule has 0 spiro atoms. The van der Waals surface area contributed by atoms with Crippen LogP contribution in [0.1, 0.15) is 19.4 Å². The Hall–Kier alpha value is -0.430. The summed E-state index contributed by atoms with van der Waals surface area (Å²) in [6, 6.07) is 5.19. The van der Waals surface area contributed by atoms with Crippen molar-refractivity contribution in [3.8, 4) is 0 Å². The van der Waals surface area contributed by atoms with Gasteiger partial charge in [0.1, 0.15) is 0 Å². The maximum Gasteiger partial charge on any atom is 0.240 e. The quantitative estimate of drug-likeness (QED) is 0.865. The van der Waals surface area contributed by atoms with Gasteiger partial charge in [0.2, 0.25) is 10.0 Å². The van der Waals surface area contributed by atoms with Crippen molar-refractivity contribution in [2.45, 2.75) is 25.7 Å². The number of nitrogens with two attached hydrogens (primary N) is 1. The Labute approximate surface area is 117 Å². The van der Waals surface area contributed by atoms with Crippen LogP contribution < -0.4 is 10.5 Å². The molecule has 0 saturated carbocycles. The van der Waals surface area contributed by atoms with Crippen molar-refractivity contribution in [1.29, 1.82) is 0 Å². The summed E-state index contributed by atoms with van der Waals surface area (Å²) in [5.74, 6) is 0. The largest absolute Gasteiger partial charge is 0.330 e. The molecular weight excluding hydrogens is 316 g/mol. The number of nitrogens with one attached hydrogen (secondary N) is 1. The summed E-state index contributed by atoms with van der Waals surface area (Å²) >= 11 is 3.28. The lowest BCUT2D eigenvalue weighted by Crippen LogP contribution is -2.38. The van der Waals surface area contributed by atoms with Gasteiger partial charge in [0, 0.05) is 11.0 Å². The van der Waals surface area contributed by atoms with Gasteiger partial charge in [-0.25, -0.2) is 13.1 Å². The average molecular weight is 335 g/mol. The molecule has 1 aromatic rings. The highest BCUT2D eigenvalue weighted by Crippen LogP contribution is 2.21. The molecule has 3 N–H and O–H groups in total. The molecule has 102 valence electrons. The third-order valence-corrected chi connectivity index (χ3v) is 4.77. The van der Waals surface area contributed by atoms with Crippen molar-refractivity contribution in [3.05, 3.63) is 28.2 Å². The molecule has 4 nitrogen and oxygen atoms in total. The molecule has 0 fully saturated rings. The van der Waals surface area contributed by atoms with Crippen LogP contribution in [0.5, 0.6) is 0 Å². The monoisotopic (exact) mass is 334 g/mol. The lowest BCUT2D eigenvalue weighted by atomic mass is 9.95. The van der Waals surface area contributed by atoms with E-state index in [4.69, 9.17) is 5.73 Å². The Bertz CT molecular complexity index is 527. The van der Waals surface area contributed by atoms with E-state index in [0.717, 1.165) is 10.0 Å². The Morgan fingerprint density at radius 1 is 1.39 bits per heavy atom. The van der Waals surface area contributed by atoms with E-state index in [-0.39, 0.29) is 5.41 Å². The molecule has 0 atom stereocenters. The second kappa shape index (κ2) is 5.69. The molecule has 18 heavy (non-hydrogen) atoms. The first-order valence-corrected chi connectivity index (χ1v) is 7.91. The van der Waals surface area contributed by atoms with E-state index in [1.165, 1.54) is 0 Å². The molecule has 0 aliphatic carbocycles. The van der Waals surface area contributed by atoms with E-state index in [1.807, 2.05) is 19.9 Å². The van der Waals surface area contributed by atoms with Crippen LogP contribution in [-0.4, -0.2) is 21.5 Å². The maximum absolute atomic E-state index is 12.2. The molecule has 6 heteroatoms. The van der Waals surface area contributed by atoms with Crippen molar-refractivity contribution < 1.29 is 8.42 Å². The van der Waals surface area contributed by atoms with Crippen LogP contribution in [0.25, 0.3) is 0 Å². The van der Waals surface area contributed by atoms with Gasteiger partial charge in [0.25, 0.3) is 0 Å². The average Bonchev–Trinajstić information content (AvgIpc) is 2.30. The van der Waals surface area contributed by atoms with E-state index in [9.17, 15) is 8.42 Å². The SMILES string of the molecule is Cc1ccc(Br)cc1S(=O)(=O)NCC(C)(C)CN. The maximum atomic E-state index is 12.2. The molecular formula is C12H19BrN2O2S. The van der Waals surface area contributed by atoms with Crippen LogP contribution in [0.4, 0.5) is 0 Å². The predicted molar refractivity (Wildman–Crippen MR) is 76.9 cm³/mol. The van der Waals surface area contributed by atoms with E-state index < -0.39 is 10.0 Å². The summed E-state index contributed by atoms with van der Waals surface area (Å²) in [7, 11) is -3.49. The van der Waals surface area contributed by atoms with E-state index in [2.05, 4.69) is 20.7 Å². The van der Waals surface area contributed by atoms with Crippen molar-refractivity contribution in [1.82, 2.24) is 4.72 Å². The smallest absolute Gasteiger partial charge is 0.240 e. The first-order valence-electron chi connectivity index (χ1n) is 5.64. The van der Waals surface area contributed by atoms with Gasteiger partial charge in [-0.1, -0.05) is 35.8 Å². The number of aryl methyl sites for hydroxylation is 1. The van der Waals surface area contributed by atoms with Gasteiger partial charge in [-0.3, -0.25) is 0 Å². The molecule has 0 bridgehead atoms. The fourth-order valence-corrected chi connectivity index (χ4v) is 3.33. The van der Waals surface area contributed by atoms with Crippen LogP contribution in [0, 0.1) is 12.3 Å². The molecule has 0 unspecified atom stereocenters. The topological polar surface area (TPSA) is 72.2 Å². The minimum absolute atomic E-state index is 0.257. The first kappa shape index (κ1) is 15.6. The van der Waals surface area contributed by atoms with Crippen molar-refractivity contribution >= 4 is 26.0 Å². The summed E-state index contributed by atoms with van der Waals surface area (Å²) in [5.41, 5.74) is 6.05. The molecule has 0 amide bonds. The number of sulfonamides is 1. The standard InChI is InChI=1S/C12H19BrN2O2S/c1-9-4-5-10(13)6-11(9)18(16,17)15-8-12(2,3)7-14/h4-6,15H,7-8,14H2,1-3H3. The number of rotatable bonds is 5. The van der Waals surface area contributed by atoms with Crippen LogP contribution in [0.15, 0.2) is 27.6 Å². The molecule has 0 aromatic heterocycles. The van der Waals surface area contributed by atoms with Gasteiger partial charge in [-0.2, -0.15) is 0 Å². The summed E-state index contributed by atoms with van der Waals surface area (Å²) in [4.78, 5) is 0.296. The summed E-state index contributed by atoms with van der Waals surface area (Å²) in [5, 5.41) is 0. The summed E-state index contributed by atoms with van der Waals surface area (Å²) < 4.78 is 27.7. The van der Waals surface area contributed by atoms with Crippen LogP contribution in [0.3, 0.4) is 0 Å². The molecule has 0 aliphatic rings. The van der Waals surface area contributed by atoms with Gasteiger partial charge in [-0.15, -0.1) is 0 Å². The second-order valence-corrected chi connectivity index (χ2v) is 7.75. The van der Waals surface area contributed by atoms with E-state index >= 15 is 0 Å². The Morgan fingerprint density at radius 2 is 2.00 bits per heavy atom. The predicted octanol–water partition coefficient (Wildman–Crippen LogP) is 2.02. The van der Waals surface area contributed by atoms with Crippen molar-refractivity contribution in [3.63, 3.8) is 0 Å². The Balaban J connectivity index is 2.97. The van der Waals surface area contributed by atoms with Crippen LogP contribution in [0.2, 0.25) is 0 Å². The molecule has 1 rings (SSSR count). The van der Waals surface area contributed by atoms with Gasteiger partial charge in [0.05, 0.1) is 4.90 Å². The Kier molecular flexibility index (Phi) is 4.94. The minimum atomic E-state index is -3.49. The zero-order valence-electron chi connectivity index (χ0n) is 10.8. The zero-order valence-corrected chi connectivity index (χ0v) is 13.2. The number of hydrogen-bond donors (Lipinski definition) is 2. The highest BCUT2D eigenvalue weighted by Gasteiger charge is 2.22. The molecule has 0 aliphatic heterocycles. The lowest BCUT2D eigenvalue weighted by molar-refractivity contribution is 0.376. The second-order valence-electron chi connectivity index (χ2n) is 5.10. The van der Waals surface area contributed by atoms with Crippen LogP contribution >= 0.6 is 15.9 Å². The molecule has 1 aromatic carbocycles. The Morgan fingerprint density at radius 3 is 2.56 bits per heavy atom.